The molecule has 0 saturated heterocycles. The highest BCUT2D eigenvalue weighted by atomic mass is 16.5. The molecule has 0 aromatic heterocycles. The van der Waals surface area contributed by atoms with Crippen LogP contribution in [0.3, 0.4) is 0 Å². The fraction of sp³-hybridized carbons (Fsp3) is 0.529. The second-order valence-corrected chi connectivity index (χ2v) is 17.7. The summed E-state index contributed by atoms with van der Waals surface area (Å²) in [7, 11) is 0. The SMILES string of the molecule is CCC(c1cc(C2CCCCC2)c(Oc2ccc(N)cc2)c(C2CCCCC2)c1)c1cc(C2CCCCC2)c(Oc2ccc(N)cc2)c(C2CCCCC2)c1. The van der Waals surface area contributed by atoms with Crippen molar-refractivity contribution in [1.29, 1.82) is 0 Å². The number of benzene rings is 4. The van der Waals surface area contributed by atoms with Crippen LogP contribution in [-0.2, 0) is 0 Å². The van der Waals surface area contributed by atoms with E-state index in [1.807, 2.05) is 24.3 Å². The Balaban J connectivity index is 1.29. The Morgan fingerprint density at radius 1 is 0.436 bits per heavy atom. The lowest BCUT2D eigenvalue weighted by atomic mass is 9.74. The van der Waals surface area contributed by atoms with Crippen molar-refractivity contribution in [3.8, 4) is 23.0 Å². The van der Waals surface area contributed by atoms with E-state index in [1.165, 1.54) is 162 Å². The highest BCUT2D eigenvalue weighted by molar-refractivity contribution is 5.57. The first-order valence-corrected chi connectivity index (χ1v) is 22.5. The smallest absolute Gasteiger partial charge is 0.134 e. The van der Waals surface area contributed by atoms with E-state index in [0.717, 1.165) is 40.8 Å². The number of rotatable bonds is 11. The van der Waals surface area contributed by atoms with Gasteiger partial charge < -0.3 is 20.9 Å². The molecule has 0 unspecified atom stereocenters. The van der Waals surface area contributed by atoms with Crippen molar-refractivity contribution < 1.29 is 9.47 Å². The topological polar surface area (TPSA) is 70.5 Å². The summed E-state index contributed by atoms with van der Waals surface area (Å²) in [5, 5.41) is 0. The number of hydrogen-bond donors (Lipinski definition) is 2. The molecule has 4 aromatic carbocycles. The van der Waals surface area contributed by atoms with Gasteiger partial charge in [0.15, 0.2) is 0 Å². The lowest BCUT2D eigenvalue weighted by Gasteiger charge is -2.33. The van der Waals surface area contributed by atoms with Gasteiger partial charge in [-0.25, -0.2) is 0 Å². The Bertz CT molecular complexity index is 1630. The molecule has 4 aliphatic rings. The quantitative estimate of drug-likeness (QED) is 0.150. The fourth-order valence-corrected chi connectivity index (χ4v) is 10.9. The molecule has 4 saturated carbocycles. The molecule has 8 rings (SSSR count). The van der Waals surface area contributed by atoms with Crippen LogP contribution in [0.25, 0.3) is 0 Å². The van der Waals surface area contributed by atoms with Crippen LogP contribution in [0.4, 0.5) is 11.4 Å². The molecule has 4 N–H and O–H groups in total. The predicted molar refractivity (Wildman–Crippen MR) is 230 cm³/mol. The highest BCUT2D eigenvalue weighted by Crippen LogP contribution is 2.51. The molecule has 55 heavy (non-hydrogen) atoms. The van der Waals surface area contributed by atoms with Crippen molar-refractivity contribution in [2.45, 2.75) is 171 Å². The van der Waals surface area contributed by atoms with Gasteiger partial charge in [-0.1, -0.05) is 108 Å². The summed E-state index contributed by atoms with van der Waals surface area (Å²) in [5.41, 5.74) is 22.6. The molecule has 4 nitrogen and oxygen atoms in total. The van der Waals surface area contributed by atoms with Crippen LogP contribution in [0.5, 0.6) is 23.0 Å². The van der Waals surface area contributed by atoms with Crippen LogP contribution < -0.4 is 20.9 Å². The molecule has 0 aliphatic heterocycles. The number of nitrogen functional groups attached to an aromatic ring is 2. The third-order valence-corrected chi connectivity index (χ3v) is 13.9. The zero-order valence-electron chi connectivity index (χ0n) is 33.6. The van der Waals surface area contributed by atoms with Gasteiger partial charge in [0, 0.05) is 17.3 Å². The van der Waals surface area contributed by atoms with Gasteiger partial charge >= 0.3 is 0 Å². The molecular weight excluding hydrogens is 673 g/mol. The summed E-state index contributed by atoms with van der Waals surface area (Å²) < 4.78 is 14.1. The van der Waals surface area contributed by atoms with Crippen molar-refractivity contribution in [1.82, 2.24) is 0 Å². The van der Waals surface area contributed by atoms with Crippen LogP contribution in [-0.4, -0.2) is 0 Å². The Morgan fingerprint density at radius 3 is 0.964 bits per heavy atom. The fourth-order valence-electron chi connectivity index (χ4n) is 10.9. The summed E-state index contributed by atoms with van der Waals surface area (Å²) >= 11 is 0. The minimum Gasteiger partial charge on any atom is -0.457 e. The van der Waals surface area contributed by atoms with Crippen molar-refractivity contribution in [3.63, 3.8) is 0 Å². The third kappa shape index (κ3) is 8.90. The van der Waals surface area contributed by atoms with E-state index in [9.17, 15) is 0 Å². The average Bonchev–Trinajstić information content (AvgIpc) is 3.24. The summed E-state index contributed by atoms with van der Waals surface area (Å²) in [4.78, 5) is 0. The number of anilines is 2. The lowest BCUT2D eigenvalue weighted by molar-refractivity contribution is 0.397. The summed E-state index contributed by atoms with van der Waals surface area (Å²) in [6, 6.07) is 26.6. The minimum atomic E-state index is 0.311. The second kappa shape index (κ2) is 17.9. The molecule has 4 aliphatic carbocycles. The molecule has 0 atom stereocenters. The number of hydrogen-bond acceptors (Lipinski definition) is 4. The third-order valence-electron chi connectivity index (χ3n) is 13.9. The van der Waals surface area contributed by atoms with E-state index in [1.54, 1.807) is 0 Å². The summed E-state index contributed by atoms with van der Waals surface area (Å²) in [5.74, 6) is 6.54. The van der Waals surface area contributed by atoms with E-state index < -0.39 is 0 Å². The van der Waals surface area contributed by atoms with E-state index in [0.29, 0.717) is 29.6 Å². The van der Waals surface area contributed by atoms with Gasteiger partial charge in [0.05, 0.1) is 0 Å². The van der Waals surface area contributed by atoms with E-state index >= 15 is 0 Å². The zero-order chi connectivity index (χ0) is 37.6. The maximum Gasteiger partial charge on any atom is 0.134 e. The Labute approximate surface area is 331 Å². The normalized spacial score (nSPS) is 19.5. The van der Waals surface area contributed by atoms with Gasteiger partial charge in [0.2, 0.25) is 0 Å². The maximum atomic E-state index is 7.07. The second-order valence-electron chi connectivity index (χ2n) is 17.7. The van der Waals surface area contributed by atoms with E-state index in [4.69, 9.17) is 20.9 Å². The molecular formula is C51H66N2O2. The number of nitrogens with two attached hydrogens (primary N) is 2. The van der Waals surface area contributed by atoms with Crippen LogP contribution in [0.15, 0.2) is 72.8 Å². The molecule has 4 heteroatoms. The van der Waals surface area contributed by atoms with Crippen LogP contribution in [0, 0.1) is 0 Å². The Hall–Kier alpha value is -3.92. The van der Waals surface area contributed by atoms with Crippen LogP contribution in [0.2, 0.25) is 0 Å². The molecule has 0 spiro atoms. The first-order chi connectivity index (χ1) is 27.0. The van der Waals surface area contributed by atoms with Gasteiger partial charge in [0.25, 0.3) is 0 Å². The molecule has 4 aromatic rings. The largest absolute Gasteiger partial charge is 0.457 e. The summed E-state index contributed by atoms with van der Waals surface area (Å²) in [6.45, 7) is 2.42. The molecule has 4 fully saturated rings. The van der Waals surface area contributed by atoms with Gasteiger partial charge in [-0.3, -0.25) is 0 Å². The van der Waals surface area contributed by atoms with Gasteiger partial charge in [-0.15, -0.1) is 0 Å². The predicted octanol–water partition coefficient (Wildman–Crippen LogP) is 15.2. The summed E-state index contributed by atoms with van der Waals surface area (Å²) in [6.07, 6.45) is 26.8. The molecule has 0 bridgehead atoms. The van der Waals surface area contributed by atoms with Crippen molar-refractivity contribution >= 4 is 11.4 Å². The van der Waals surface area contributed by atoms with Gasteiger partial charge in [0.1, 0.15) is 23.0 Å². The molecule has 0 heterocycles. The average molecular weight is 739 g/mol. The van der Waals surface area contributed by atoms with E-state index in [-0.39, 0.29) is 0 Å². The van der Waals surface area contributed by atoms with Crippen molar-refractivity contribution in [2.75, 3.05) is 11.5 Å². The van der Waals surface area contributed by atoms with E-state index in [2.05, 4.69) is 55.5 Å². The van der Waals surface area contributed by atoms with Crippen molar-refractivity contribution in [2.24, 2.45) is 0 Å². The molecule has 292 valence electrons. The maximum absolute atomic E-state index is 7.07. The van der Waals surface area contributed by atoms with Gasteiger partial charge in [-0.2, -0.15) is 0 Å². The highest BCUT2D eigenvalue weighted by Gasteiger charge is 2.32. The monoisotopic (exact) mass is 739 g/mol. The zero-order valence-corrected chi connectivity index (χ0v) is 33.6. The Kier molecular flexibility index (Phi) is 12.4. The lowest BCUT2D eigenvalue weighted by Crippen LogP contribution is -2.15. The standard InChI is InChI=1S/C51H66N2O2/c1-2-45(39-31-46(35-15-7-3-8-16-35)50(54-43-27-23-41(52)24-28-43)47(32-39)36-17-9-4-10-18-36)40-33-48(37-19-11-5-12-20-37)51(55-44-29-25-42(53)26-30-44)49(34-40)38-21-13-6-14-22-38/h23-38,45H,2-22,52-53H2,1H3. The van der Waals surface area contributed by atoms with Crippen LogP contribution in [0.1, 0.15) is 205 Å². The molecule has 0 radical (unpaired) electrons. The first-order valence-electron chi connectivity index (χ1n) is 22.5. The first kappa shape index (κ1) is 38.0. The number of ether oxygens (including phenoxy) is 2. The Morgan fingerprint density at radius 2 is 0.709 bits per heavy atom. The molecule has 0 amide bonds. The van der Waals surface area contributed by atoms with Crippen LogP contribution >= 0.6 is 0 Å². The van der Waals surface area contributed by atoms with Crippen molar-refractivity contribution in [3.05, 3.63) is 106 Å². The van der Waals surface area contributed by atoms with Gasteiger partial charge in [-0.05, 0) is 163 Å². The minimum absolute atomic E-state index is 0.311.